The van der Waals surface area contributed by atoms with Crippen molar-refractivity contribution in [3.8, 4) is 5.75 Å². The Morgan fingerprint density at radius 1 is 0.957 bits per heavy atom. The highest BCUT2D eigenvalue weighted by molar-refractivity contribution is 7.91. The van der Waals surface area contributed by atoms with E-state index in [4.69, 9.17) is 9.47 Å². The third-order valence-electron chi connectivity index (χ3n) is 8.10. The highest BCUT2D eigenvalue weighted by Gasteiger charge is 2.44. The first-order valence-corrected chi connectivity index (χ1v) is 21.1. The minimum Gasteiger partial charge on any atom is -0.487 e. The molecule has 0 aliphatic carbocycles. The number of benzene rings is 3. The molecule has 0 unspecified atom stereocenters. The fourth-order valence-electron chi connectivity index (χ4n) is 5.57. The second kappa shape index (κ2) is 13.6. The number of amides is 2. The monoisotopic (exact) mass is 675 g/mol. The van der Waals surface area contributed by atoms with E-state index in [0.717, 1.165) is 25.3 Å². The van der Waals surface area contributed by atoms with Crippen molar-refractivity contribution in [2.45, 2.75) is 77.7 Å². The van der Waals surface area contributed by atoms with E-state index in [0.29, 0.717) is 30.4 Å². The van der Waals surface area contributed by atoms with Gasteiger partial charge in [0.05, 0.1) is 11.7 Å². The lowest BCUT2D eigenvalue weighted by Gasteiger charge is -2.36. The van der Waals surface area contributed by atoms with Crippen LogP contribution in [-0.4, -0.2) is 62.4 Å². The molecule has 9 nitrogen and oxygen atoms in total. The van der Waals surface area contributed by atoms with Gasteiger partial charge in [0.2, 0.25) is 0 Å². The van der Waals surface area contributed by atoms with Gasteiger partial charge >= 0.3 is 16.3 Å². The average Bonchev–Trinajstić information content (AvgIpc) is 3.23. The number of ether oxygens (including phenoxy) is 2. The van der Waals surface area contributed by atoms with Gasteiger partial charge in [-0.15, -0.1) is 0 Å². The third kappa shape index (κ3) is 8.44. The van der Waals surface area contributed by atoms with Crippen LogP contribution in [0.1, 0.15) is 43.0 Å². The molecule has 1 atom stereocenters. The third-order valence-corrected chi connectivity index (χ3v) is 11.6. The molecular formula is C36H45N3O6SSi. The van der Waals surface area contributed by atoms with Crippen LogP contribution >= 0.6 is 0 Å². The van der Waals surface area contributed by atoms with Gasteiger partial charge in [0.1, 0.15) is 24.5 Å². The van der Waals surface area contributed by atoms with Crippen molar-refractivity contribution in [1.29, 1.82) is 0 Å². The second-order valence-electron chi connectivity index (χ2n) is 14.3. The first-order chi connectivity index (χ1) is 22.1. The number of nitrogens with zero attached hydrogens (tertiary/aromatic N) is 3. The molecule has 0 spiro atoms. The second-order valence-corrected chi connectivity index (χ2v) is 21.7. The predicted molar refractivity (Wildman–Crippen MR) is 188 cm³/mol. The molecule has 0 bridgehead atoms. The highest BCUT2D eigenvalue weighted by atomic mass is 32.2. The Morgan fingerprint density at radius 3 is 2.32 bits per heavy atom. The maximum absolute atomic E-state index is 13.7. The van der Waals surface area contributed by atoms with Gasteiger partial charge in [-0.2, -0.15) is 8.42 Å². The maximum Gasteiger partial charge on any atom is 0.411 e. The van der Waals surface area contributed by atoms with E-state index in [2.05, 4.69) is 25.7 Å². The van der Waals surface area contributed by atoms with Crippen LogP contribution in [0.15, 0.2) is 78.9 Å². The van der Waals surface area contributed by atoms with Crippen molar-refractivity contribution in [1.82, 2.24) is 9.21 Å². The Balaban J connectivity index is 1.46. The standard InChI is InChI=1S/C36H45N3O6SSi/c1-36(2,3)45-35(41)37-24-30-15-11-10-14-29(30)23-31(37)18-16-27-17-19-32(33(22-27)44-26-28-12-8-7-9-13-28)39-25-34(40)38(46(39,42)43)20-21-47(4,5)6/h7-19,22,31H,20-21,23-26H2,1-6H3/t31-/m1/s1. The van der Waals surface area contributed by atoms with Gasteiger partial charge in [-0.25, -0.2) is 13.4 Å². The zero-order valence-corrected chi connectivity index (χ0v) is 29.9. The fourth-order valence-corrected chi connectivity index (χ4v) is 8.18. The van der Waals surface area contributed by atoms with Crippen molar-refractivity contribution in [3.05, 3.63) is 101 Å². The van der Waals surface area contributed by atoms with Crippen molar-refractivity contribution in [2.75, 3.05) is 17.4 Å². The summed E-state index contributed by atoms with van der Waals surface area (Å²) in [6, 6.07) is 23.4. The molecule has 5 rings (SSSR count). The van der Waals surface area contributed by atoms with E-state index < -0.39 is 29.8 Å². The Labute approximate surface area is 280 Å². The van der Waals surface area contributed by atoms with E-state index >= 15 is 0 Å². The number of hydrogen-bond donors (Lipinski definition) is 0. The topological polar surface area (TPSA) is 96.5 Å². The van der Waals surface area contributed by atoms with E-state index in [1.54, 1.807) is 23.1 Å². The Kier molecular flexibility index (Phi) is 9.88. The quantitative estimate of drug-likeness (QED) is 0.230. The first kappa shape index (κ1) is 34.2. The lowest BCUT2D eigenvalue weighted by molar-refractivity contribution is -0.123. The van der Waals surface area contributed by atoms with Gasteiger partial charge in [-0.1, -0.05) is 92.5 Å². The number of carbonyl (C=O) groups excluding carboxylic acids is 2. The largest absolute Gasteiger partial charge is 0.487 e. The summed E-state index contributed by atoms with van der Waals surface area (Å²) < 4.78 is 41.6. The summed E-state index contributed by atoms with van der Waals surface area (Å²) in [6.45, 7) is 12.6. The normalized spacial score (nSPS) is 18.0. The van der Waals surface area contributed by atoms with Crippen LogP contribution in [-0.2, 0) is 39.3 Å². The molecule has 0 aromatic heterocycles. The summed E-state index contributed by atoms with van der Waals surface area (Å²) in [5, 5.41) is 0. The zero-order chi connectivity index (χ0) is 34.0. The van der Waals surface area contributed by atoms with E-state index in [9.17, 15) is 18.0 Å². The summed E-state index contributed by atoms with van der Waals surface area (Å²) in [7, 11) is -5.67. The molecule has 0 saturated carbocycles. The molecule has 250 valence electrons. The molecule has 11 heteroatoms. The van der Waals surface area contributed by atoms with Crippen molar-refractivity contribution in [3.63, 3.8) is 0 Å². The van der Waals surface area contributed by atoms with E-state index in [-0.39, 0.29) is 31.8 Å². The molecule has 3 aromatic rings. The van der Waals surface area contributed by atoms with Crippen LogP contribution in [0.25, 0.3) is 6.08 Å². The minimum atomic E-state index is -4.08. The van der Waals surface area contributed by atoms with Crippen molar-refractivity contribution in [2.24, 2.45) is 0 Å². The van der Waals surface area contributed by atoms with Crippen molar-refractivity contribution >= 4 is 42.0 Å². The Bertz CT molecular complexity index is 1750. The van der Waals surface area contributed by atoms with E-state index in [1.807, 2.05) is 81.5 Å². The molecule has 3 aromatic carbocycles. The van der Waals surface area contributed by atoms with E-state index in [1.165, 1.54) is 5.56 Å². The summed E-state index contributed by atoms with van der Waals surface area (Å²) in [5.74, 6) is -0.0986. The molecular weight excluding hydrogens is 631 g/mol. The van der Waals surface area contributed by atoms with Gasteiger partial charge in [0.15, 0.2) is 0 Å². The van der Waals surface area contributed by atoms with Crippen LogP contribution in [0.3, 0.4) is 0 Å². The van der Waals surface area contributed by atoms with Gasteiger partial charge in [0, 0.05) is 21.2 Å². The van der Waals surface area contributed by atoms with Crippen LogP contribution in [0.2, 0.25) is 25.7 Å². The van der Waals surface area contributed by atoms with Gasteiger partial charge in [-0.3, -0.25) is 9.69 Å². The number of hydrogen-bond acceptors (Lipinski definition) is 6. The summed E-state index contributed by atoms with van der Waals surface area (Å²) in [6.07, 6.45) is 4.14. The van der Waals surface area contributed by atoms with Crippen LogP contribution < -0.4 is 9.04 Å². The lowest BCUT2D eigenvalue weighted by Crippen LogP contribution is -2.45. The molecule has 1 saturated heterocycles. The number of rotatable bonds is 9. The summed E-state index contributed by atoms with van der Waals surface area (Å²) in [5.41, 5.74) is 3.62. The smallest absolute Gasteiger partial charge is 0.411 e. The molecule has 2 amide bonds. The number of carbonyl (C=O) groups is 2. The lowest BCUT2D eigenvalue weighted by atomic mass is 9.93. The highest BCUT2D eigenvalue weighted by Crippen LogP contribution is 2.36. The average molecular weight is 676 g/mol. The molecule has 0 N–H and O–H groups in total. The number of anilines is 1. The maximum atomic E-state index is 13.7. The summed E-state index contributed by atoms with van der Waals surface area (Å²) in [4.78, 5) is 28.0. The van der Waals surface area contributed by atoms with Crippen LogP contribution in [0.4, 0.5) is 10.5 Å². The van der Waals surface area contributed by atoms with Crippen LogP contribution in [0, 0.1) is 0 Å². The molecule has 2 heterocycles. The summed E-state index contributed by atoms with van der Waals surface area (Å²) >= 11 is 0. The fraction of sp³-hybridized carbons (Fsp3) is 0.389. The molecule has 0 radical (unpaired) electrons. The molecule has 1 fully saturated rings. The number of fused-ring (bicyclic) bond motifs is 1. The Morgan fingerprint density at radius 2 is 1.64 bits per heavy atom. The molecule has 2 aliphatic heterocycles. The zero-order valence-electron chi connectivity index (χ0n) is 28.1. The first-order valence-electron chi connectivity index (χ1n) is 16.0. The SMILES string of the molecule is CC(C)(C)OC(=O)N1Cc2ccccc2C[C@H]1C=Cc1ccc(N2CC(=O)N(CC[Si](C)(C)C)S2(=O)=O)c(OCc2ccccc2)c1. The molecule has 47 heavy (non-hydrogen) atoms. The minimum absolute atomic E-state index is 0.174. The van der Waals surface area contributed by atoms with Gasteiger partial charge < -0.3 is 9.47 Å². The molecule has 2 aliphatic rings. The van der Waals surface area contributed by atoms with Gasteiger partial charge in [-0.05, 0) is 67.6 Å². The van der Waals surface area contributed by atoms with Crippen molar-refractivity contribution < 1.29 is 27.5 Å². The Hall–Kier alpha value is -4.09. The van der Waals surface area contributed by atoms with Crippen LogP contribution in [0.5, 0.6) is 5.75 Å². The van der Waals surface area contributed by atoms with Gasteiger partial charge in [0.25, 0.3) is 5.91 Å². The predicted octanol–water partition coefficient (Wildman–Crippen LogP) is 6.87.